The number of hydrogen-bond donors (Lipinski definition) is 2. The lowest BCUT2D eigenvalue weighted by atomic mass is 9.86. The van der Waals surface area contributed by atoms with Crippen LogP contribution in [0.2, 0.25) is 5.02 Å². The summed E-state index contributed by atoms with van der Waals surface area (Å²) in [6.45, 7) is 0.380. The molecule has 2 aliphatic rings. The zero-order valence-corrected chi connectivity index (χ0v) is 20.3. The number of nitrogens with zero attached hydrogens (tertiary/aromatic N) is 1. The number of amides is 1. The first-order valence-electron chi connectivity index (χ1n) is 10.7. The molecule has 4 nitrogen and oxygen atoms in total. The fourth-order valence-electron chi connectivity index (χ4n) is 4.69. The summed E-state index contributed by atoms with van der Waals surface area (Å²) < 4.78 is 1.14. The highest BCUT2D eigenvalue weighted by atomic mass is 127. The Morgan fingerprint density at radius 2 is 1.78 bits per heavy atom. The molecule has 0 aromatic heterocycles. The third-order valence-corrected chi connectivity index (χ3v) is 7.70. The van der Waals surface area contributed by atoms with Gasteiger partial charge in [0.1, 0.15) is 0 Å². The first-order valence-corrected chi connectivity index (χ1v) is 12.1. The number of halogens is 2. The Kier molecular flexibility index (Phi) is 5.78. The number of fused-ring (bicyclic) bond motifs is 1. The molecule has 1 amide bonds. The van der Waals surface area contributed by atoms with Crippen molar-refractivity contribution in [3.8, 4) is 0 Å². The Balaban J connectivity index is 1.62. The molecule has 0 radical (unpaired) electrons. The van der Waals surface area contributed by atoms with Gasteiger partial charge in [-0.1, -0.05) is 48.0 Å². The normalized spacial score (nSPS) is 19.7. The average molecular weight is 560 g/mol. The average Bonchev–Trinajstić information content (AvgIpc) is 3.56. The van der Waals surface area contributed by atoms with E-state index < -0.39 is 11.5 Å². The third-order valence-electron chi connectivity index (χ3n) is 6.75. The van der Waals surface area contributed by atoms with Crippen molar-refractivity contribution in [1.82, 2.24) is 4.90 Å². The summed E-state index contributed by atoms with van der Waals surface area (Å²) in [6, 6.07) is 21.0. The van der Waals surface area contributed by atoms with E-state index in [0.717, 1.165) is 33.1 Å². The van der Waals surface area contributed by atoms with E-state index >= 15 is 0 Å². The van der Waals surface area contributed by atoms with Crippen molar-refractivity contribution in [2.45, 2.75) is 31.5 Å². The van der Waals surface area contributed by atoms with E-state index in [1.54, 1.807) is 12.1 Å². The van der Waals surface area contributed by atoms with Crippen LogP contribution in [0.4, 0.5) is 0 Å². The molecule has 1 saturated carbocycles. The molecule has 0 saturated heterocycles. The van der Waals surface area contributed by atoms with Crippen LogP contribution in [0.1, 0.15) is 57.6 Å². The Morgan fingerprint density at radius 1 is 1.06 bits per heavy atom. The summed E-state index contributed by atoms with van der Waals surface area (Å²) in [4.78, 5) is 15.3. The molecular formula is C26H23ClINO3. The van der Waals surface area contributed by atoms with Crippen LogP contribution in [0.25, 0.3) is 0 Å². The van der Waals surface area contributed by atoms with Gasteiger partial charge in [0.25, 0.3) is 5.91 Å². The molecular weight excluding hydrogens is 537 g/mol. The first-order chi connectivity index (χ1) is 15.4. The van der Waals surface area contributed by atoms with Gasteiger partial charge in [-0.2, -0.15) is 0 Å². The number of carbonyl (C=O) groups excluding carboxylic acids is 1. The number of rotatable bonds is 6. The Bertz CT molecular complexity index is 1180. The van der Waals surface area contributed by atoms with Crippen molar-refractivity contribution >= 4 is 40.1 Å². The highest BCUT2D eigenvalue weighted by Crippen LogP contribution is 2.56. The number of aliphatic hydroxyl groups is 2. The predicted molar refractivity (Wildman–Crippen MR) is 132 cm³/mol. The molecule has 2 N–H and O–H groups in total. The van der Waals surface area contributed by atoms with Crippen LogP contribution < -0.4 is 0 Å². The van der Waals surface area contributed by atoms with Crippen LogP contribution >= 0.6 is 34.2 Å². The zero-order valence-electron chi connectivity index (χ0n) is 17.3. The Hall–Kier alpha value is -1.93. The minimum absolute atomic E-state index is 0.0252. The van der Waals surface area contributed by atoms with Crippen molar-refractivity contribution < 1.29 is 15.0 Å². The molecule has 0 bridgehead atoms. The Morgan fingerprint density at radius 3 is 2.47 bits per heavy atom. The van der Waals surface area contributed by atoms with Gasteiger partial charge in [-0.15, -0.1) is 0 Å². The maximum absolute atomic E-state index is 13.5. The van der Waals surface area contributed by atoms with Gasteiger partial charge in [-0.25, -0.2) is 0 Å². The molecule has 164 valence electrons. The Labute approximate surface area is 206 Å². The number of benzene rings is 3. The second-order valence-electron chi connectivity index (χ2n) is 8.75. The lowest BCUT2D eigenvalue weighted by Crippen LogP contribution is -2.30. The summed E-state index contributed by atoms with van der Waals surface area (Å²) in [5, 5.41) is 21.7. The van der Waals surface area contributed by atoms with Crippen molar-refractivity contribution in [3.05, 3.63) is 103 Å². The molecule has 1 fully saturated rings. The molecule has 3 aromatic carbocycles. The second-order valence-corrected chi connectivity index (χ2v) is 10.4. The zero-order chi connectivity index (χ0) is 22.5. The molecule has 3 aromatic rings. The van der Waals surface area contributed by atoms with Gasteiger partial charge in [-0.3, -0.25) is 4.79 Å². The van der Waals surface area contributed by atoms with Crippen molar-refractivity contribution in [2.75, 3.05) is 6.61 Å². The summed E-state index contributed by atoms with van der Waals surface area (Å²) in [5.74, 6) is -0.0252. The molecule has 2 atom stereocenters. The molecule has 0 spiro atoms. The van der Waals surface area contributed by atoms with Gasteiger partial charge in [-0.05, 0) is 88.0 Å². The number of hydrogen-bond acceptors (Lipinski definition) is 3. The standard InChI is InChI=1S/C26H23ClINO3/c27-17-7-10-20(22(13-17)24(31)26(15-30)11-12-26)23-19-3-1-2-4-21(19)25(32)29(23)14-16-5-8-18(28)9-6-16/h1-10,13,23-24,30-31H,11-12,14-15H2. The molecule has 1 aliphatic heterocycles. The van der Waals surface area contributed by atoms with E-state index in [9.17, 15) is 15.0 Å². The van der Waals surface area contributed by atoms with Gasteiger partial charge < -0.3 is 15.1 Å². The maximum Gasteiger partial charge on any atom is 0.255 e. The molecule has 32 heavy (non-hydrogen) atoms. The number of carbonyl (C=O) groups is 1. The first kappa shape index (κ1) is 21.9. The minimum Gasteiger partial charge on any atom is -0.396 e. The summed E-state index contributed by atoms with van der Waals surface area (Å²) >= 11 is 8.61. The molecule has 6 heteroatoms. The SMILES string of the molecule is O=C1c2ccccc2C(c2ccc(Cl)cc2C(O)C2(CO)CC2)N1Cc1ccc(I)cc1. The molecule has 1 heterocycles. The molecule has 1 aliphatic carbocycles. The smallest absolute Gasteiger partial charge is 0.255 e. The third kappa shape index (κ3) is 3.75. The highest BCUT2D eigenvalue weighted by Gasteiger charge is 2.50. The van der Waals surface area contributed by atoms with Gasteiger partial charge in [0.15, 0.2) is 0 Å². The second kappa shape index (κ2) is 8.45. The van der Waals surface area contributed by atoms with E-state index in [4.69, 9.17) is 11.6 Å². The summed E-state index contributed by atoms with van der Waals surface area (Å²) in [5.41, 5.74) is 3.66. The fraction of sp³-hybridized carbons (Fsp3) is 0.269. The number of aliphatic hydroxyl groups excluding tert-OH is 2. The highest BCUT2D eigenvalue weighted by molar-refractivity contribution is 14.1. The van der Waals surface area contributed by atoms with Crippen LogP contribution in [0.3, 0.4) is 0 Å². The quantitative estimate of drug-likeness (QED) is 0.393. The van der Waals surface area contributed by atoms with Crippen molar-refractivity contribution in [3.63, 3.8) is 0 Å². The minimum atomic E-state index is -0.843. The van der Waals surface area contributed by atoms with Crippen molar-refractivity contribution in [1.29, 1.82) is 0 Å². The maximum atomic E-state index is 13.5. The van der Waals surface area contributed by atoms with Crippen LogP contribution in [0, 0.1) is 8.99 Å². The summed E-state index contributed by atoms with van der Waals surface area (Å²) in [7, 11) is 0. The van der Waals surface area contributed by atoms with Crippen LogP contribution in [0.15, 0.2) is 66.7 Å². The summed E-state index contributed by atoms with van der Waals surface area (Å²) in [6.07, 6.45) is 0.691. The molecule has 5 rings (SSSR count). The van der Waals surface area contributed by atoms with Crippen LogP contribution in [0.5, 0.6) is 0 Å². The lowest BCUT2D eigenvalue weighted by molar-refractivity contribution is 0.0480. The topological polar surface area (TPSA) is 60.8 Å². The van der Waals surface area contributed by atoms with E-state index in [1.807, 2.05) is 59.5 Å². The van der Waals surface area contributed by atoms with E-state index in [1.165, 1.54) is 0 Å². The monoisotopic (exact) mass is 559 g/mol. The van der Waals surface area contributed by atoms with Gasteiger partial charge in [0, 0.05) is 26.1 Å². The largest absolute Gasteiger partial charge is 0.396 e. The van der Waals surface area contributed by atoms with E-state index in [2.05, 4.69) is 22.6 Å². The predicted octanol–water partition coefficient (Wildman–Crippen LogP) is 5.50. The van der Waals surface area contributed by atoms with Gasteiger partial charge in [0.05, 0.1) is 18.8 Å². The van der Waals surface area contributed by atoms with Crippen molar-refractivity contribution in [2.24, 2.45) is 5.41 Å². The van der Waals surface area contributed by atoms with Crippen LogP contribution in [-0.2, 0) is 6.54 Å². The van der Waals surface area contributed by atoms with E-state index in [0.29, 0.717) is 22.7 Å². The molecule has 2 unspecified atom stereocenters. The van der Waals surface area contributed by atoms with E-state index in [-0.39, 0.29) is 18.6 Å². The van der Waals surface area contributed by atoms with Gasteiger partial charge >= 0.3 is 0 Å². The van der Waals surface area contributed by atoms with Gasteiger partial charge in [0.2, 0.25) is 0 Å². The van der Waals surface area contributed by atoms with Crippen LogP contribution in [-0.4, -0.2) is 27.6 Å². The lowest BCUT2D eigenvalue weighted by Gasteiger charge is -2.31. The fourth-order valence-corrected chi connectivity index (χ4v) is 5.24.